The van der Waals surface area contributed by atoms with E-state index in [0.29, 0.717) is 10.7 Å². The maximum Gasteiger partial charge on any atom is 0.269 e. The molecule has 1 aromatic heterocycles. The van der Waals surface area contributed by atoms with Gasteiger partial charge in [0.05, 0.1) is 10.6 Å². The Labute approximate surface area is 148 Å². The Balaban J connectivity index is 1.71. The summed E-state index contributed by atoms with van der Waals surface area (Å²) >= 11 is 1.33. The zero-order valence-electron chi connectivity index (χ0n) is 13.4. The molecule has 0 aliphatic carbocycles. The lowest BCUT2D eigenvalue weighted by Crippen LogP contribution is -2.11. The van der Waals surface area contributed by atoms with Crippen LogP contribution in [0.2, 0.25) is 0 Å². The monoisotopic (exact) mass is 353 g/mol. The van der Waals surface area contributed by atoms with E-state index in [-0.39, 0.29) is 11.6 Å². The Morgan fingerprint density at radius 3 is 2.44 bits per heavy atom. The fourth-order valence-corrected chi connectivity index (χ4v) is 2.99. The van der Waals surface area contributed by atoms with Crippen molar-refractivity contribution >= 4 is 28.1 Å². The molecule has 0 saturated heterocycles. The molecule has 2 aromatic carbocycles. The number of hydrogen-bond donors (Lipinski definition) is 1. The van der Waals surface area contributed by atoms with Gasteiger partial charge in [-0.15, -0.1) is 11.3 Å². The van der Waals surface area contributed by atoms with Crippen molar-refractivity contribution in [2.75, 3.05) is 5.32 Å². The smallest absolute Gasteiger partial charge is 0.269 e. The summed E-state index contributed by atoms with van der Waals surface area (Å²) in [4.78, 5) is 26.8. The first kappa shape index (κ1) is 16.8. The van der Waals surface area contributed by atoms with Crippen LogP contribution in [0.25, 0.3) is 11.3 Å². The first-order valence-electron chi connectivity index (χ1n) is 7.67. The minimum atomic E-state index is -0.501. The molecule has 0 aliphatic heterocycles. The highest BCUT2D eigenvalue weighted by Crippen LogP contribution is 2.25. The lowest BCUT2D eigenvalue weighted by atomic mass is 10.1. The Morgan fingerprint density at radius 1 is 1.16 bits per heavy atom. The molecule has 25 heavy (non-hydrogen) atoms. The second kappa shape index (κ2) is 7.23. The number of hydrogen-bond acceptors (Lipinski definition) is 5. The van der Waals surface area contributed by atoms with E-state index in [2.05, 4.69) is 29.4 Å². The molecule has 1 amide bonds. The van der Waals surface area contributed by atoms with Gasteiger partial charge in [-0.05, 0) is 24.1 Å². The van der Waals surface area contributed by atoms with Crippen LogP contribution < -0.4 is 5.32 Å². The SMILES string of the molecule is CCc1ccc(-c2csc(NC(=O)c3ccc([N+](=O)[O-])cc3)n2)cc1. The summed E-state index contributed by atoms with van der Waals surface area (Å²) in [6.07, 6.45) is 0.980. The minimum absolute atomic E-state index is 0.0522. The van der Waals surface area contributed by atoms with E-state index < -0.39 is 4.92 Å². The number of rotatable bonds is 5. The van der Waals surface area contributed by atoms with Crippen molar-refractivity contribution in [1.29, 1.82) is 0 Å². The topological polar surface area (TPSA) is 85.1 Å². The van der Waals surface area contributed by atoms with E-state index in [1.807, 2.05) is 17.5 Å². The van der Waals surface area contributed by atoms with Gasteiger partial charge in [0, 0.05) is 28.6 Å². The van der Waals surface area contributed by atoms with Crippen LogP contribution >= 0.6 is 11.3 Å². The zero-order valence-corrected chi connectivity index (χ0v) is 14.2. The Hall–Kier alpha value is -3.06. The molecule has 0 bridgehead atoms. The Kier molecular flexibility index (Phi) is 4.85. The predicted molar refractivity (Wildman–Crippen MR) is 98.0 cm³/mol. The van der Waals surface area contributed by atoms with Crippen LogP contribution in [0.15, 0.2) is 53.9 Å². The highest BCUT2D eigenvalue weighted by Gasteiger charge is 2.12. The molecule has 0 radical (unpaired) electrons. The quantitative estimate of drug-likeness (QED) is 0.539. The Morgan fingerprint density at radius 2 is 1.84 bits per heavy atom. The van der Waals surface area contributed by atoms with E-state index in [9.17, 15) is 14.9 Å². The average Bonchev–Trinajstić information content (AvgIpc) is 3.10. The number of aromatic nitrogens is 1. The molecule has 0 aliphatic rings. The van der Waals surface area contributed by atoms with Crippen LogP contribution in [0.4, 0.5) is 10.8 Å². The van der Waals surface area contributed by atoms with Crippen LogP contribution in [-0.2, 0) is 6.42 Å². The summed E-state index contributed by atoms with van der Waals surface area (Å²) < 4.78 is 0. The standard InChI is InChI=1S/C18H15N3O3S/c1-2-12-3-5-13(6-4-12)16-11-25-18(19-16)20-17(22)14-7-9-15(10-8-14)21(23)24/h3-11H,2H2,1H3,(H,19,20,22). The number of nitrogens with one attached hydrogen (secondary N) is 1. The van der Waals surface area contributed by atoms with Crippen LogP contribution in [0.5, 0.6) is 0 Å². The molecule has 7 heteroatoms. The molecule has 3 aromatic rings. The molecule has 0 fully saturated rings. The van der Waals surface area contributed by atoms with Gasteiger partial charge in [0.25, 0.3) is 11.6 Å². The van der Waals surface area contributed by atoms with E-state index in [1.165, 1.54) is 41.2 Å². The van der Waals surface area contributed by atoms with Gasteiger partial charge in [-0.2, -0.15) is 0 Å². The summed E-state index contributed by atoms with van der Waals surface area (Å²) in [5.74, 6) is -0.350. The molecule has 0 unspecified atom stereocenters. The van der Waals surface area contributed by atoms with Crippen molar-refractivity contribution in [3.05, 3.63) is 75.2 Å². The third-order valence-electron chi connectivity index (χ3n) is 3.72. The second-order valence-electron chi connectivity index (χ2n) is 5.35. The number of nitro benzene ring substituents is 1. The van der Waals surface area contributed by atoms with Gasteiger partial charge in [-0.1, -0.05) is 31.2 Å². The first-order chi connectivity index (χ1) is 12.1. The molecule has 1 heterocycles. The predicted octanol–water partition coefficient (Wildman–Crippen LogP) is 4.53. The molecule has 1 N–H and O–H groups in total. The second-order valence-corrected chi connectivity index (χ2v) is 6.20. The maximum atomic E-state index is 12.2. The number of nitrogens with zero attached hydrogens (tertiary/aromatic N) is 2. The molecular formula is C18H15N3O3S. The molecule has 3 rings (SSSR count). The number of nitro groups is 1. The zero-order chi connectivity index (χ0) is 17.8. The van der Waals surface area contributed by atoms with Gasteiger partial charge in [-0.25, -0.2) is 4.98 Å². The lowest BCUT2D eigenvalue weighted by molar-refractivity contribution is -0.384. The van der Waals surface area contributed by atoms with Crippen molar-refractivity contribution in [3.63, 3.8) is 0 Å². The minimum Gasteiger partial charge on any atom is -0.298 e. The molecular weight excluding hydrogens is 338 g/mol. The summed E-state index contributed by atoms with van der Waals surface area (Å²) in [5, 5.41) is 15.7. The summed E-state index contributed by atoms with van der Waals surface area (Å²) in [6.45, 7) is 2.10. The van der Waals surface area contributed by atoms with E-state index in [1.54, 1.807) is 0 Å². The van der Waals surface area contributed by atoms with E-state index >= 15 is 0 Å². The fraction of sp³-hybridized carbons (Fsp3) is 0.111. The van der Waals surface area contributed by atoms with E-state index in [4.69, 9.17) is 0 Å². The van der Waals surface area contributed by atoms with Gasteiger partial charge in [-0.3, -0.25) is 20.2 Å². The lowest BCUT2D eigenvalue weighted by Gasteiger charge is -2.02. The van der Waals surface area contributed by atoms with Gasteiger partial charge >= 0.3 is 0 Å². The number of thiazole rings is 1. The molecule has 126 valence electrons. The van der Waals surface area contributed by atoms with Gasteiger partial charge in [0.1, 0.15) is 0 Å². The van der Waals surface area contributed by atoms with E-state index in [0.717, 1.165) is 17.7 Å². The van der Waals surface area contributed by atoms with Gasteiger partial charge in [0.2, 0.25) is 0 Å². The van der Waals surface area contributed by atoms with Gasteiger partial charge < -0.3 is 0 Å². The fourth-order valence-electron chi connectivity index (χ4n) is 2.28. The summed E-state index contributed by atoms with van der Waals surface area (Å²) in [7, 11) is 0. The van der Waals surface area contributed by atoms with Crippen LogP contribution in [0, 0.1) is 10.1 Å². The van der Waals surface area contributed by atoms with Crippen LogP contribution in [0.1, 0.15) is 22.8 Å². The number of non-ortho nitro benzene ring substituents is 1. The third kappa shape index (κ3) is 3.89. The van der Waals surface area contributed by atoms with Crippen molar-refractivity contribution in [2.45, 2.75) is 13.3 Å². The van der Waals surface area contributed by atoms with Crippen molar-refractivity contribution in [2.24, 2.45) is 0 Å². The maximum absolute atomic E-state index is 12.2. The van der Waals surface area contributed by atoms with Crippen molar-refractivity contribution in [1.82, 2.24) is 4.98 Å². The Bertz CT molecular complexity index is 902. The highest BCUT2D eigenvalue weighted by atomic mass is 32.1. The number of anilines is 1. The number of aryl methyl sites for hydroxylation is 1. The number of amides is 1. The third-order valence-corrected chi connectivity index (χ3v) is 4.48. The number of benzene rings is 2. The molecule has 0 spiro atoms. The molecule has 0 atom stereocenters. The largest absolute Gasteiger partial charge is 0.298 e. The van der Waals surface area contributed by atoms with Crippen LogP contribution in [-0.4, -0.2) is 15.8 Å². The summed E-state index contributed by atoms with van der Waals surface area (Å²) in [6, 6.07) is 13.6. The van der Waals surface area contributed by atoms with Gasteiger partial charge in [0.15, 0.2) is 5.13 Å². The highest BCUT2D eigenvalue weighted by molar-refractivity contribution is 7.14. The average molecular weight is 353 g/mol. The van der Waals surface area contributed by atoms with Crippen molar-refractivity contribution < 1.29 is 9.72 Å². The van der Waals surface area contributed by atoms with Crippen LogP contribution in [0.3, 0.4) is 0 Å². The summed E-state index contributed by atoms with van der Waals surface area (Å²) in [5.41, 5.74) is 3.33. The number of carbonyl (C=O) groups excluding carboxylic acids is 1. The first-order valence-corrected chi connectivity index (χ1v) is 8.55. The van der Waals surface area contributed by atoms with Crippen molar-refractivity contribution in [3.8, 4) is 11.3 Å². The normalized spacial score (nSPS) is 10.4. The number of carbonyl (C=O) groups is 1. The molecule has 0 saturated carbocycles. The molecule has 6 nitrogen and oxygen atoms in total.